The van der Waals surface area contributed by atoms with Gasteiger partial charge in [0.1, 0.15) is 11.3 Å². The Bertz CT molecular complexity index is 742. The number of rotatable bonds is 4. The van der Waals surface area contributed by atoms with Gasteiger partial charge < -0.3 is 4.84 Å². The summed E-state index contributed by atoms with van der Waals surface area (Å²) < 4.78 is 52.7. The largest absolute Gasteiger partial charge is 0.389 e. The van der Waals surface area contributed by atoms with Crippen LogP contribution in [-0.2, 0) is 20.4 Å². The SMILES string of the molecule is CC(C)n1nc(Cl)c(CS(=O)(=O)C2=NOC(C)(C)C2)c1C(F)F. The summed E-state index contributed by atoms with van der Waals surface area (Å²) in [7, 11) is -3.92. The fraction of sp³-hybridized carbons (Fsp3) is 0.692. The van der Waals surface area contributed by atoms with E-state index in [0.29, 0.717) is 0 Å². The minimum absolute atomic E-state index is 0.0787. The minimum atomic E-state index is -3.92. The number of nitrogens with zero attached hydrogens (tertiary/aromatic N) is 3. The van der Waals surface area contributed by atoms with Crippen molar-refractivity contribution in [2.45, 2.75) is 57.9 Å². The molecule has 0 atom stereocenters. The lowest BCUT2D eigenvalue weighted by Crippen LogP contribution is -2.23. The van der Waals surface area contributed by atoms with Gasteiger partial charge in [-0.3, -0.25) is 4.68 Å². The summed E-state index contributed by atoms with van der Waals surface area (Å²) in [6, 6.07) is -0.376. The molecule has 0 aromatic carbocycles. The molecule has 2 heterocycles. The molecule has 1 aliphatic rings. The van der Waals surface area contributed by atoms with Gasteiger partial charge in [-0.15, -0.1) is 0 Å². The van der Waals surface area contributed by atoms with Crippen LogP contribution in [0.15, 0.2) is 5.16 Å². The van der Waals surface area contributed by atoms with Gasteiger partial charge in [-0.1, -0.05) is 16.8 Å². The van der Waals surface area contributed by atoms with E-state index in [1.165, 1.54) is 0 Å². The van der Waals surface area contributed by atoms with Gasteiger partial charge in [0.25, 0.3) is 6.43 Å². The maximum Gasteiger partial charge on any atom is 0.280 e. The summed E-state index contributed by atoms with van der Waals surface area (Å²) in [4.78, 5) is 5.04. The normalized spacial score (nSPS) is 17.7. The average molecular weight is 370 g/mol. The third kappa shape index (κ3) is 3.65. The van der Waals surface area contributed by atoms with Crippen molar-refractivity contribution >= 4 is 26.5 Å². The highest BCUT2D eigenvalue weighted by Crippen LogP contribution is 2.33. The fourth-order valence-electron chi connectivity index (χ4n) is 2.25. The van der Waals surface area contributed by atoms with Crippen LogP contribution < -0.4 is 0 Å². The van der Waals surface area contributed by atoms with Crippen LogP contribution in [0.5, 0.6) is 0 Å². The standard InChI is InChI=1S/C13H18ClF2N3O3S/c1-7(2)19-10(12(15)16)8(11(14)17-19)6-23(20,21)9-5-13(3,4)22-18-9/h7,12H,5-6H2,1-4H3. The lowest BCUT2D eigenvalue weighted by atomic mass is 10.1. The smallest absolute Gasteiger partial charge is 0.280 e. The molecule has 0 bridgehead atoms. The van der Waals surface area contributed by atoms with Gasteiger partial charge in [0, 0.05) is 18.0 Å². The third-order valence-electron chi connectivity index (χ3n) is 3.36. The molecule has 0 saturated heterocycles. The zero-order valence-corrected chi connectivity index (χ0v) is 14.7. The zero-order chi connectivity index (χ0) is 17.6. The van der Waals surface area contributed by atoms with Gasteiger partial charge in [0.2, 0.25) is 0 Å². The number of halogens is 3. The highest BCUT2D eigenvalue weighted by molar-refractivity contribution is 8.05. The minimum Gasteiger partial charge on any atom is -0.389 e. The Morgan fingerprint density at radius 2 is 2.00 bits per heavy atom. The molecule has 1 aromatic rings. The van der Waals surface area contributed by atoms with E-state index in [0.717, 1.165) is 4.68 Å². The maximum atomic E-state index is 13.4. The monoisotopic (exact) mass is 369 g/mol. The molecular weight excluding hydrogens is 352 g/mol. The predicted molar refractivity (Wildman–Crippen MR) is 82.4 cm³/mol. The maximum absolute atomic E-state index is 13.4. The number of alkyl halides is 2. The second kappa shape index (κ2) is 6.01. The van der Waals surface area contributed by atoms with E-state index in [2.05, 4.69) is 10.3 Å². The lowest BCUT2D eigenvalue weighted by Gasteiger charge is -2.13. The van der Waals surface area contributed by atoms with Crippen molar-refractivity contribution in [3.05, 3.63) is 16.4 Å². The Labute approximate surface area is 138 Å². The van der Waals surface area contributed by atoms with Crippen molar-refractivity contribution in [2.24, 2.45) is 5.16 Å². The summed E-state index contributed by atoms with van der Waals surface area (Å²) >= 11 is 5.91. The lowest BCUT2D eigenvalue weighted by molar-refractivity contribution is 0.0123. The van der Waals surface area contributed by atoms with Crippen LogP contribution in [0.1, 0.15) is 57.8 Å². The Balaban J connectivity index is 2.41. The number of aromatic nitrogens is 2. The molecule has 1 aliphatic heterocycles. The first kappa shape index (κ1) is 18.1. The highest BCUT2D eigenvalue weighted by Gasteiger charge is 2.38. The molecule has 0 unspecified atom stereocenters. The summed E-state index contributed by atoms with van der Waals surface area (Å²) in [6.45, 7) is 6.69. The molecule has 0 aliphatic carbocycles. The van der Waals surface area contributed by atoms with E-state index in [9.17, 15) is 17.2 Å². The summed E-state index contributed by atoms with van der Waals surface area (Å²) in [5.74, 6) is -0.684. The highest BCUT2D eigenvalue weighted by atomic mass is 35.5. The van der Waals surface area contributed by atoms with E-state index >= 15 is 0 Å². The van der Waals surface area contributed by atoms with Gasteiger partial charge in [0.05, 0.1) is 5.75 Å². The van der Waals surface area contributed by atoms with Crippen molar-refractivity contribution in [1.82, 2.24) is 9.78 Å². The summed E-state index contributed by atoms with van der Waals surface area (Å²) in [5.41, 5.74) is -1.41. The van der Waals surface area contributed by atoms with E-state index in [4.69, 9.17) is 16.4 Å². The van der Waals surface area contributed by atoms with Crippen LogP contribution in [0.2, 0.25) is 5.15 Å². The molecule has 0 spiro atoms. The molecule has 0 saturated carbocycles. The molecule has 0 radical (unpaired) electrons. The first-order valence-electron chi connectivity index (χ1n) is 6.97. The van der Waals surface area contributed by atoms with Crippen LogP contribution in [0, 0.1) is 0 Å². The molecule has 0 amide bonds. The van der Waals surface area contributed by atoms with Crippen LogP contribution in [-0.4, -0.2) is 28.8 Å². The number of oxime groups is 1. The van der Waals surface area contributed by atoms with Crippen LogP contribution in [0.25, 0.3) is 0 Å². The summed E-state index contributed by atoms with van der Waals surface area (Å²) in [6.07, 6.45) is -2.81. The van der Waals surface area contributed by atoms with Gasteiger partial charge >= 0.3 is 0 Å². The van der Waals surface area contributed by atoms with E-state index in [-0.39, 0.29) is 28.2 Å². The molecule has 130 valence electrons. The van der Waals surface area contributed by atoms with Crippen molar-refractivity contribution < 1.29 is 22.0 Å². The fourth-order valence-corrected chi connectivity index (χ4v) is 4.13. The number of hydrogen-bond donors (Lipinski definition) is 0. The first-order valence-corrected chi connectivity index (χ1v) is 9.00. The second-order valence-corrected chi connectivity index (χ2v) is 8.61. The van der Waals surface area contributed by atoms with Crippen molar-refractivity contribution in [1.29, 1.82) is 0 Å². The third-order valence-corrected chi connectivity index (χ3v) is 5.27. The second-order valence-electron chi connectivity index (χ2n) is 6.27. The zero-order valence-electron chi connectivity index (χ0n) is 13.2. The van der Waals surface area contributed by atoms with Crippen LogP contribution >= 0.6 is 11.6 Å². The van der Waals surface area contributed by atoms with E-state index in [1.54, 1.807) is 27.7 Å². The van der Waals surface area contributed by atoms with Gasteiger partial charge in [-0.2, -0.15) is 5.10 Å². The first-order chi connectivity index (χ1) is 10.4. The Hall–Kier alpha value is -1.22. The van der Waals surface area contributed by atoms with Gasteiger partial charge in [-0.25, -0.2) is 17.2 Å². The van der Waals surface area contributed by atoms with Crippen molar-refractivity contribution in [2.75, 3.05) is 0 Å². The predicted octanol–water partition coefficient (Wildman–Crippen LogP) is 3.48. The number of sulfone groups is 1. The molecular formula is C13H18ClF2N3O3S. The van der Waals surface area contributed by atoms with E-state index < -0.39 is 33.3 Å². The molecule has 6 nitrogen and oxygen atoms in total. The van der Waals surface area contributed by atoms with Gasteiger partial charge in [0.15, 0.2) is 20.0 Å². The van der Waals surface area contributed by atoms with Crippen LogP contribution in [0.3, 0.4) is 0 Å². The Morgan fingerprint density at radius 3 is 2.43 bits per heavy atom. The quantitative estimate of drug-likeness (QED) is 0.814. The molecule has 10 heteroatoms. The van der Waals surface area contributed by atoms with Crippen LogP contribution in [0.4, 0.5) is 8.78 Å². The number of hydrogen-bond acceptors (Lipinski definition) is 5. The molecule has 2 rings (SSSR count). The molecule has 23 heavy (non-hydrogen) atoms. The van der Waals surface area contributed by atoms with Gasteiger partial charge in [-0.05, 0) is 27.7 Å². The Morgan fingerprint density at radius 1 is 1.39 bits per heavy atom. The average Bonchev–Trinajstić information content (AvgIpc) is 2.91. The molecule has 0 N–H and O–H groups in total. The molecule has 1 aromatic heterocycles. The Kier molecular flexibility index (Phi) is 4.74. The topological polar surface area (TPSA) is 73.5 Å². The van der Waals surface area contributed by atoms with E-state index in [1.807, 2.05) is 0 Å². The van der Waals surface area contributed by atoms with Crippen molar-refractivity contribution in [3.8, 4) is 0 Å². The molecule has 0 fully saturated rings. The summed E-state index contributed by atoms with van der Waals surface area (Å²) in [5, 5.41) is 7.00. The van der Waals surface area contributed by atoms with Crippen molar-refractivity contribution in [3.63, 3.8) is 0 Å².